The van der Waals surface area contributed by atoms with E-state index in [1.165, 1.54) is 12.8 Å². The first kappa shape index (κ1) is 12.7. The van der Waals surface area contributed by atoms with Crippen LogP contribution in [0, 0.1) is 0 Å². The summed E-state index contributed by atoms with van der Waals surface area (Å²) in [5.74, 6) is 0. The molecule has 0 atom stereocenters. The number of hydrogen-bond donors (Lipinski definition) is 1. The average Bonchev–Trinajstić information content (AvgIpc) is 3.09. The summed E-state index contributed by atoms with van der Waals surface area (Å²) in [6.07, 6.45) is 8.60. The molecule has 0 saturated heterocycles. The summed E-state index contributed by atoms with van der Waals surface area (Å²) in [5, 5.41) is 0.754. The fourth-order valence-electron chi connectivity index (χ4n) is 3.08. The summed E-state index contributed by atoms with van der Waals surface area (Å²) in [5.41, 5.74) is 8.38. The molecule has 1 aliphatic carbocycles. The van der Waals surface area contributed by atoms with Crippen LogP contribution in [0.1, 0.15) is 25.7 Å². The highest BCUT2D eigenvalue weighted by molar-refractivity contribution is 6.30. The molecule has 0 aliphatic heterocycles. The van der Waals surface area contributed by atoms with Gasteiger partial charge in [-0.2, -0.15) is 0 Å². The van der Waals surface area contributed by atoms with E-state index in [0.717, 1.165) is 29.1 Å². The minimum Gasteiger partial charge on any atom is -0.328 e. The number of aromatic nitrogens is 2. The van der Waals surface area contributed by atoms with Gasteiger partial charge >= 0.3 is 0 Å². The molecule has 0 spiro atoms. The van der Waals surface area contributed by atoms with Crippen LogP contribution in [0.5, 0.6) is 0 Å². The average molecular weight is 276 g/mol. The Morgan fingerprint density at radius 3 is 2.53 bits per heavy atom. The van der Waals surface area contributed by atoms with Gasteiger partial charge in [-0.3, -0.25) is 0 Å². The zero-order valence-electron chi connectivity index (χ0n) is 10.8. The van der Waals surface area contributed by atoms with E-state index in [-0.39, 0.29) is 5.54 Å². The van der Waals surface area contributed by atoms with E-state index in [0.29, 0.717) is 6.54 Å². The Kier molecular flexibility index (Phi) is 3.33. The van der Waals surface area contributed by atoms with Crippen LogP contribution in [-0.2, 0) is 5.54 Å². The van der Waals surface area contributed by atoms with Gasteiger partial charge in [-0.1, -0.05) is 36.6 Å². The summed E-state index contributed by atoms with van der Waals surface area (Å²) < 4.78 is 2.27. The monoisotopic (exact) mass is 275 g/mol. The number of nitrogens with zero attached hydrogens (tertiary/aromatic N) is 2. The topological polar surface area (TPSA) is 43.8 Å². The van der Waals surface area contributed by atoms with E-state index in [4.69, 9.17) is 17.3 Å². The number of halogens is 1. The van der Waals surface area contributed by atoms with Gasteiger partial charge in [-0.05, 0) is 30.5 Å². The van der Waals surface area contributed by atoms with Gasteiger partial charge in [0.1, 0.15) is 0 Å². The number of nitrogens with two attached hydrogens (primary N) is 1. The molecule has 1 saturated carbocycles. The fraction of sp³-hybridized carbons (Fsp3) is 0.400. The van der Waals surface area contributed by atoms with E-state index in [9.17, 15) is 0 Å². The van der Waals surface area contributed by atoms with Gasteiger partial charge in [-0.15, -0.1) is 0 Å². The summed E-state index contributed by atoms with van der Waals surface area (Å²) in [6, 6.07) is 7.90. The molecule has 1 aromatic carbocycles. The fourth-order valence-corrected chi connectivity index (χ4v) is 3.21. The van der Waals surface area contributed by atoms with Crippen molar-refractivity contribution < 1.29 is 0 Å². The minimum atomic E-state index is 0.0471. The first-order chi connectivity index (χ1) is 9.25. The summed E-state index contributed by atoms with van der Waals surface area (Å²) in [6.45, 7) is 0.671. The van der Waals surface area contributed by atoms with Crippen molar-refractivity contribution in [2.24, 2.45) is 5.73 Å². The maximum atomic E-state index is 6.06. The predicted octanol–water partition coefficient (Wildman–Crippen LogP) is 3.43. The highest BCUT2D eigenvalue weighted by Crippen LogP contribution is 2.38. The van der Waals surface area contributed by atoms with Crippen molar-refractivity contribution in [3.8, 4) is 11.3 Å². The van der Waals surface area contributed by atoms with Gasteiger partial charge in [-0.25, -0.2) is 4.98 Å². The molecule has 4 heteroatoms. The molecular weight excluding hydrogens is 258 g/mol. The molecule has 100 valence electrons. The minimum absolute atomic E-state index is 0.0471. The SMILES string of the molecule is NCC1(n2cncc2-c2ccc(Cl)cc2)CCCC1. The van der Waals surface area contributed by atoms with Crippen molar-refractivity contribution in [3.63, 3.8) is 0 Å². The lowest BCUT2D eigenvalue weighted by molar-refractivity contribution is 0.307. The van der Waals surface area contributed by atoms with Crippen molar-refractivity contribution in [1.82, 2.24) is 9.55 Å². The van der Waals surface area contributed by atoms with Crippen LogP contribution >= 0.6 is 11.6 Å². The van der Waals surface area contributed by atoms with Gasteiger partial charge < -0.3 is 10.3 Å². The Balaban J connectivity index is 2.05. The largest absolute Gasteiger partial charge is 0.328 e. The Bertz CT molecular complexity index is 553. The smallest absolute Gasteiger partial charge is 0.0956 e. The second-order valence-electron chi connectivity index (χ2n) is 5.29. The molecule has 3 rings (SSSR count). The maximum Gasteiger partial charge on any atom is 0.0956 e. The molecule has 0 radical (unpaired) electrons. The van der Waals surface area contributed by atoms with Gasteiger partial charge in [0.2, 0.25) is 0 Å². The number of rotatable bonds is 3. The van der Waals surface area contributed by atoms with Gasteiger partial charge in [0.05, 0.1) is 23.8 Å². The Hall–Kier alpha value is -1.32. The molecule has 0 amide bonds. The van der Waals surface area contributed by atoms with Crippen LogP contribution in [0.4, 0.5) is 0 Å². The summed E-state index contributed by atoms with van der Waals surface area (Å²) in [4.78, 5) is 4.33. The van der Waals surface area contributed by atoms with Gasteiger partial charge in [0, 0.05) is 11.6 Å². The predicted molar refractivity (Wildman–Crippen MR) is 78.2 cm³/mol. The highest BCUT2D eigenvalue weighted by atomic mass is 35.5. The maximum absolute atomic E-state index is 6.06. The lowest BCUT2D eigenvalue weighted by atomic mass is 9.96. The van der Waals surface area contributed by atoms with Gasteiger partial charge in [0.15, 0.2) is 0 Å². The first-order valence-corrected chi connectivity index (χ1v) is 7.12. The molecule has 2 aromatic rings. The van der Waals surface area contributed by atoms with Crippen molar-refractivity contribution >= 4 is 11.6 Å². The lowest BCUT2D eigenvalue weighted by Crippen LogP contribution is -2.38. The zero-order valence-corrected chi connectivity index (χ0v) is 11.6. The number of hydrogen-bond acceptors (Lipinski definition) is 2. The van der Waals surface area contributed by atoms with E-state index in [2.05, 4.69) is 9.55 Å². The highest BCUT2D eigenvalue weighted by Gasteiger charge is 2.35. The van der Waals surface area contributed by atoms with Crippen LogP contribution in [0.15, 0.2) is 36.8 Å². The Morgan fingerprint density at radius 2 is 1.89 bits per heavy atom. The molecule has 0 bridgehead atoms. The van der Waals surface area contributed by atoms with Crippen molar-refractivity contribution in [2.45, 2.75) is 31.2 Å². The van der Waals surface area contributed by atoms with E-state index in [1.54, 1.807) is 0 Å². The Labute approximate surface area is 118 Å². The quantitative estimate of drug-likeness (QED) is 0.933. The molecule has 3 nitrogen and oxygen atoms in total. The molecule has 19 heavy (non-hydrogen) atoms. The standard InChI is InChI=1S/C15H18ClN3/c16-13-5-3-12(4-6-13)14-9-18-11-19(14)15(10-17)7-1-2-8-15/h3-6,9,11H,1-2,7-8,10,17H2. The second-order valence-corrected chi connectivity index (χ2v) is 5.73. The molecule has 1 heterocycles. The summed E-state index contributed by atoms with van der Waals surface area (Å²) >= 11 is 5.95. The third kappa shape index (κ3) is 2.17. The van der Waals surface area contributed by atoms with Crippen LogP contribution in [0.25, 0.3) is 11.3 Å². The van der Waals surface area contributed by atoms with Gasteiger partial charge in [0.25, 0.3) is 0 Å². The van der Waals surface area contributed by atoms with Crippen LogP contribution in [-0.4, -0.2) is 16.1 Å². The summed E-state index contributed by atoms with van der Waals surface area (Å²) in [7, 11) is 0. The van der Waals surface area contributed by atoms with Crippen molar-refractivity contribution in [2.75, 3.05) is 6.54 Å². The first-order valence-electron chi connectivity index (χ1n) is 6.74. The molecular formula is C15H18ClN3. The van der Waals surface area contributed by atoms with Crippen LogP contribution < -0.4 is 5.73 Å². The van der Waals surface area contributed by atoms with Crippen molar-refractivity contribution in [3.05, 3.63) is 41.8 Å². The molecule has 1 fully saturated rings. The van der Waals surface area contributed by atoms with Crippen molar-refractivity contribution in [1.29, 1.82) is 0 Å². The zero-order chi connectivity index (χ0) is 13.3. The Morgan fingerprint density at radius 1 is 1.21 bits per heavy atom. The second kappa shape index (κ2) is 4.99. The lowest BCUT2D eigenvalue weighted by Gasteiger charge is -2.31. The third-order valence-corrected chi connectivity index (χ3v) is 4.46. The number of benzene rings is 1. The van der Waals surface area contributed by atoms with Crippen LogP contribution in [0.2, 0.25) is 5.02 Å². The molecule has 2 N–H and O–H groups in total. The molecule has 1 aromatic heterocycles. The normalized spacial score (nSPS) is 17.8. The number of imidazole rings is 1. The molecule has 1 aliphatic rings. The van der Waals surface area contributed by atoms with E-state index in [1.807, 2.05) is 36.8 Å². The van der Waals surface area contributed by atoms with E-state index >= 15 is 0 Å². The van der Waals surface area contributed by atoms with E-state index < -0.39 is 0 Å². The third-order valence-electron chi connectivity index (χ3n) is 4.20. The van der Waals surface area contributed by atoms with Crippen LogP contribution in [0.3, 0.4) is 0 Å². The molecule has 0 unspecified atom stereocenters.